The van der Waals surface area contributed by atoms with Crippen LogP contribution in [-0.4, -0.2) is 11.0 Å². The van der Waals surface area contributed by atoms with Gasteiger partial charge in [0.2, 0.25) is 0 Å². The summed E-state index contributed by atoms with van der Waals surface area (Å²) in [5, 5.41) is 3.02. The van der Waals surface area contributed by atoms with E-state index in [4.69, 9.17) is 0 Å². The number of aromatic nitrogens is 1. The lowest BCUT2D eigenvalue weighted by Gasteiger charge is -2.17. The summed E-state index contributed by atoms with van der Waals surface area (Å²) in [6.07, 6.45) is 1.58. The summed E-state index contributed by atoms with van der Waals surface area (Å²) in [7, 11) is 0. The van der Waals surface area contributed by atoms with Crippen LogP contribution in [0.3, 0.4) is 0 Å². The monoisotopic (exact) mass is 182 g/mol. The molecule has 0 bridgehead atoms. The van der Waals surface area contributed by atoms with Gasteiger partial charge in [-0.15, -0.1) is 0 Å². The second-order valence-electron chi connectivity index (χ2n) is 3.51. The number of hydrogen-bond acceptors (Lipinski definition) is 2. The molecule has 2 nitrogen and oxygen atoms in total. The first-order chi connectivity index (χ1) is 6.11. The molecule has 0 aliphatic rings. The molecule has 0 aromatic carbocycles. The van der Waals surface area contributed by atoms with E-state index in [2.05, 4.69) is 24.1 Å². The molecule has 1 aromatic heterocycles. The first-order valence-corrected chi connectivity index (χ1v) is 4.48. The molecule has 72 valence electrons. The van der Waals surface area contributed by atoms with Crippen LogP contribution in [0.1, 0.15) is 20.8 Å². The van der Waals surface area contributed by atoms with Crippen LogP contribution in [0.4, 0.5) is 10.2 Å². The van der Waals surface area contributed by atoms with E-state index in [1.54, 1.807) is 12.3 Å². The largest absolute Gasteiger partial charge is 0.365 e. The average molecular weight is 182 g/mol. The number of halogens is 1. The van der Waals surface area contributed by atoms with E-state index in [1.165, 1.54) is 6.07 Å². The number of nitrogens with one attached hydrogen (secondary N) is 1. The topological polar surface area (TPSA) is 24.9 Å². The molecule has 13 heavy (non-hydrogen) atoms. The van der Waals surface area contributed by atoms with E-state index in [9.17, 15) is 4.39 Å². The Labute approximate surface area is 78.2 Å². The Hall–Kier alpha value is -1.12. The van der Waals surface area contributed by atoms with Crippen molar-refractivity contribution in [2.45, 2.75) is 26.8 Å². The van der Waals surface area contributed by atoms with E-state index in [0.29, 0.717) is 11.7 Å². The minimum Gasteiger partial charge on any atom is -0.365 e. The molecule has 0 aliphatic heterocycles. The number of hydrogen-bond donors (Lipinski definition) is 1. The maximum atomic E-state index is 13.1. The van der Waals surface area contributed by atoms with Gasteiger partial charge in [-0.05, 0) is 25.0 Å². The molecule has 0 spiro atoms. The summed E-state index contributed by atoms with van der Waals surface area (Å²) in [5.74, 6) is 0.500. The molecule has 1 N–H and O–H groups in total. The Morgan fingerprint density at radius 1 is 1.38 bits per heavy atom. The Kier molecular flexibility index (Phi) is 3.23. The van der Waals surface area contributed by atoms with E-state index in [0.717, 1.165) is 0 Å². The Morgan fingerprint density at radius 3 is 2.62 bits per heavy atom. The van der Waals surface area contributed by atoms with Gasteiger partial charge in [0, 0.05) is 12.2 Å². The summed E-state index contributed by atoms with van der Waals surface area (Å²) in [4.78, 5) is 3.91. The van der Waals surface area contributed by atoms with Gasteiger partial charge in [-0.3, -0.25) is 0 Å². The van der Waals surface area contributed by atoms with Crippen LogP contribution in [0, 0.1) is 11.7 Å². The highest BCUT2D eigenvalue weighted by Crippen LogP contribution is 2.12. The van der Waals surface area contributed by atoms with Gasteiger partial charge in [0.15, 0.2) is 11.6 Å². The second kappa shape index (κ2) is 4.21. The van der Waals surface area contributed by atoms with Crippen molar-refractivity contribution in [1.29, 1.82) is 0 Å². The van der Waals surface area contributed by atoms with E-state index in [-0.39, 0.29) is 11.9 Å². The van der Waals surface area contributed by atoms with Gasteiger partial charge in [0.25, 0.3) is 0 Å². The van der Waals surface area contributed by atoms with Crippen molar-refractivity contribution in [2.24, 2.45) is 5.92 Å². The average Bonchev–Trinajstić information content (AvgIpc) is 2.08. The van der Waals surface area contributed by atoms with Crippen molar-refractivity contribution in [3.05, 3.63) is 24.1 Å². The Balaban J connectivity index is 2.69. The third kappa shape index (κ3) is 2.68. The molecule has 0 amide bonds. The first-order valence-electron chi connectivity index (χ1n) is 4.48. The van der Waals surface area contributed by atoms with Crippen molar-refractivity contribution >= 4 is 5.82 Å². The molecule has 1 heterocycles. The smallest absolute Gasteiger partial charge is 0.165 e. The third-order valence-corrected chi connectivity index (χ3v) is 2.12. The second-order valence-corrected chi connectivity index (χ2v) is 3.51. The van der Waals surface area contributed by atoms with Crippen LogP contribution in [0.15, 0.2) is 18.3 Å². The Bertz CT molecular complexity index is 273. The first kappa shape index (κ1) is 9.96. The fourth-order valence-corrected chi connectivity index (χ4v) is 0.874. The van der Waals surface area contributed by atoms with Gasteiger partial charge in [-0.2, -0.15) is 0 Å². The maximum absolute atomic E-state index is 13.1. The third-order valence-electron chi connectivity index (χ3n) is 2.12. The van der Waals surface area contributed by atoms with Crippen LogP contribution in [0.25, 0.3) is 0 Å². The van der Waals surface area contributed by atoms with Crippen LogP contribution in [-0.2, 0) is 0 Å². The van der Waals surface area contributed by atoms with E-state index < -0.39 is 0 Å². The lowest BCUT2D eigenvalue weighted by molar-refractivity contribution is 0.549. The normalized spacial score (nSPS) is 13.0. The molecule has 1 atom stereocenters. The van der Waals surface area contributed by atoms with Crippen molar-refractivity contribution in [3.8, 4) is 0 Å². The summed E-state index contributed by atoms with van der Waals surface area (Å²) < 4.78 is 13.1. The molecule has 0 saturated heterocycles. The molecule has 1 rings (SSSR count). The van der Waals surface area contributed by atoms with Gasteiger partial charge in [0.1, 0.15) is 0 Å². The molecular formula is C10H15FN2. The lowest BCUT2D eigenvalue weighted by atomic mass is 10.1. The summed E-state index contributed by atoms with van der Waals surface area (Å²) in [5.41, 5.74) is 0. The molecule has 1 aromatic rings. The number of pyridine rings is 1. The fraction of sp³-hybridized carbons (Fsp3) is 0.500. The van der Waals surface area contributed by atoms with Gasteiger partial charge >= 0.3 is 0 Å². The van der Waals surface area contributed by atoms with Crippen LogP contribution in [0.2, 0.25) is 0 Å². The van der Waals surface area contributed by atoms with Gasteiger partial charge < -0.3 is 5.32 Å². The predicted octanol–water partition coefficient (Wildman–Crippen LogP) is 2.68. The lowest BCUT2D eigenvalue weighted by Crippen LogP contribution is -2.22. The molecule has 0 fully saturated rings. The molecule has 1 unspecified atom stereocenters. The van der Waals surface area contributed by atoms with Crippen molar-refractivity contribution in [2.75, 3.05) is 5.32 Å². The Morgan fingerprint density at radius 2 is 2.08 bits per heavy atom. The highest BCUT2D eigenvalue weighted by atomic mass is 19.1. The number of anilines is 1. The predicted molar refractivity (Wildman–Crippen MR) is 52.1 cm³/mol. The molecule has 0 radical (unpaired) electrons. The van der Waals surface area contributed by atoms with Crippen LogP contribution in [0.5, 0.6) is 0 Å². The van der Waals surface area contributed by atoms with Gasteiger partial charge in [-0.1, -0.05) is 13.8 Å². The quantitative estimate of drug-likeness (QED) is 0.777. The molecular weight excluding hydrogens is 167 g/mol. The van der Waals surface area contributed by atoms with E-state index >= 15 is 0 Å². The highest BCUT2D eigenvalue weighted by molar-refractivity contribution is 5.36. The molecule has 3 heteroatoms. The summed E-state index contributed by atoms with van der Waals surface area (Å²) >= 11 is 0. The minimum absolute atomic E-state index is 0.226. The summed E-state index contributed by atoms with van der Waals surface area (Å²) in [6, 6.07) is 3.22. The SMILES string of the molecule is CC(C)C(C)Nc1ncccc1F. The number of nitrogens with zero attached hydrogens (tertiary/aromatic N) is 1. The minimum atomic E-state index is -0.296. The maximum Gasteiger partial charge on any atom is 0.165 e. The van der Waals surface area contributed by atoms with Crippen molar-refractivity contribution in [3.63, 3.8) is 0 Å². The fourth-order valence-electron chi connectivity index (χ4n) is 0.874. The van der Waals surface area contributed by atoms with Crippen LogP contribution < -0.4 is 5.32 Å². The molecule has 0 aliphatic carbocycles. The standard InChI is InChI=1S/C10H15FN2/c1-7(2)8(3)13-10-9(11)5-4-6-12-10/h4-8H,1-3H3,(H,12,13). The van der Waals surface area contributed by atoms with Crippen molar-refractivity contribution < 1.29 is 4.39 Å². The van der Waals surface area contributed by atoms with Crippen molar-refractivity contribution in [1.82, 2.24) is 4.98 Å². The zero-order valence-corrected chi connectivity index (χ0v) is 8.21. The molecule has 0 saturated carbocycles. The summed E-state index contributed by atoms with van der Waals surface area (Å²) in [6.45, 7) is 6.18. The number of rotatable bonds is 3. The van der Waals surface area contributed by atoms with Crippen LogP contribution >= 0.6 is 0 Å². The van der Waals surface area contributed by atoms with Gasteiger partial charge in [0.05, 0.1) is 0 Å². The zero-order valence-electron chi connectivity index (χ0n) is 8.21. The zero-order chi connectivity index (χ0) is 9.84. The highest BCUT2D eigenvalue weighted by Gasteiger charge is 2.09. The van der Waals surface area contributed by atoms with Gasteiger partial charge in [-0.25, -0.2) is 9.37 Å². The van der Waals surface area contributed by atoms with E-state index in [1.807, 2.05) is 6.92 Å².